The van der Waals surface area contributed by atoms with Gasteiger partial charge in [-0.2, -0.15) is 0 Å². The van der Waals surface area contributed by atoms with Gasteiger partial charge in [-0.15, -0.1) is 0 Å². The molecule has 2 aromatic rings. The molecule has 0 N–H and O–H groups in total. The Morgan fingerprint density at radius 2 is 1.75 bits per heavy atom. The molecule has 1 aliphatic heterocycles. The van der Waals surface area contributed by atoms with Crippen LogP contribution in [0.1, 0.15) is 43.4 Å². The van der Waals surface area contributed by atoms with Crippen molar-refractivity contribution in [2.75, 3.05) is 31.1 Å². The summed E-state index contributed by atoms with van der Waals surface area (Å²) in [6, 6.07) is 4.91. The fourth-order valence-corrected chi connectivity index (χ4v) is 6.23. The largest absolute Gasteiger partial charge is 0.354 e. The van der Waals surface area contributed by atoms with E-state index in [-0.39, 0.29) is 0 Å². The molecule has 28 heavy (non-hydrogen) atoms. The van der Waals surface area contributed by atoms with Crippen molar-refractivity contribution in [3.63, 3.8) is 0 Å². The molecule has 3 atom stereocenters. The van der Waals surface area contributed by atoms with Gasteiger partial charge in [0.2, 0.25) is 0 Å². The molecule has 146 valence electrons. The SMILES string of the molecule is c1cc(-c2nc3c(c(N4CCN(C5CC6CCC5C6)CC4)n2)CCC3)ccn1. The fraction of sp³-hybridized carbons (Fsp3) is 0.609. The van der Waals surface area contributed by atoms with Crippen LogP contribution >= 0.6 is 0 Å². The lowest BCUT2D eigenvalue weighted by Gasteiger charge is -2.41. The van der Waals surface area contributed by atoms with E-state index in [9.17, 15) is 0 Å². The highest BCUT2D eigenvalue weighted by Gasteiger charge is 2.43. The molecule has 0 spiro atoms. The summed E-state index contributed by atoms with van der Waals surface area (Å²) < 4.78 is 0. The molecule has 1 saturated heterocycles. The van der Waals surface area contributed by atoms with Gasteiger partial charge in [0.1, 0.15) is 5.82 Å². The number of anilines is 1. The Bertz CT molecular complexity index is 859. The first kappa shape index (κ1) is 16.9. The van der Waals surface area contributed by atoms with E-state index in [1.54, 1.807) is 0 Å². The number of rotatable bonds is 3. The molecule has 2 aromatic heterocycles. The summed E-state index contributed by atoms with van der Waals surface area (Å²) in [5, 5.41) is 0. The average Bonchev–Trinajstić information content (AvgIpc) is 3.50. The maximum atomic E-state index is 5.07. The minimum atomic E-state index is 0.865. The first-order valence-electron chi connectivity index (χ1n) is 11.1. The van der Waals surface area contributed by atoms with Crippen molar-refractivity contribution < 1.29 is 0 Å². The second-order valence-electron chi connectivity index (χ2n) is 9.15. The van der Waals surface area contributed by atoms with Gasteiger partial charge >= 0.3 is 0 Å². The Hall–Kier alpha value is -2.01. The summed E-state index contributed by atoms with van der Waals surface area (Å²) in [6.45, 7) is 4.59. The Kier molecular flexibility index (Phi) is 4.10. The Morgan fingerprint density at radius 3 is 2.50 bits per heavy atom. The molecule has 0 amide bonds. The highest BCUT2D eigenvalue weighted by molar-refractivity contribution is 5.61. The van der Waals surface area contributed by atoms with Gasteiger partial charge in [-0.1, -0.05) is 6.42 Å². The third kappa shape index (κ3) is 2.83. The molecule has 3 heterocycles. The molecular weight excluding hydrogens is 346 g/mol. The molecule has 3 unspecified atom stereocenters. The summed E-state index contributed by atoms with van der Waals surface area (Å²) in [7, 11) is 0. The Morgan fingerprint density at radius 1 is 0.893 bits per heavy atom. The van der Waals surface area contributed by atoms with E-state index in [1.807, 2.05) is 24.5 Å². The van der Waals surface area contributed by atoms with Crippen molar-refractivity contribution in [3.8, 4) is 11.4 Å². The van der Waals surface area contributed by atoms with Gasteiger partial charge in [0, 0.05) is 61.4 Å². The van der Waals surface area contributed by atoms with Crippen LogP contribution in [0, 0.1) is 11.8 Å². The van der Waals surface area contributed by atoms with Crippen molar-refractivity contribution >= 4 is 5.82 Å². The van der Waals surface area contributed by atoms with Crippen LogP contribution < -0.4 is 4.90 Å². The van der Waals surface area contributed by atoms with Gasteiger partial charge in [-0.3, -0.25) is 9.88 Å². The standard InChI is InChI=1S/C23H29N5/c1-2-19-20(3-1)25-22(17-6-8-24-9-7-17)26-23(19)28-12-10-27(11-13-28)21-15-16-4-5-18(21)14-16/h6-9,16,18,21H,1-5,10-15H2. The van der Waals surface area contributed by atoms with E-state index in [1.165, 1.54) is 62.3 Å². The smallest absolute Gasteiger partial charge is 0.161 e. The summed E-state index contributed by atoms with van der Waals surface area (Å²) >= 11 is 0. The number of hydrogen-bond donors (Lipinski definition) is 0. The summed E-state index contributed by atoms with van der Waals surface area (Å²) in [5.74, 6) is 4.09. The van der Waals surface area contributed by atoms with Crippen LogP contribution in [0.4, 0.5) is 5.82 Å². The van der Waals surface area contributed by atoms with Gasteiger partial charge in [-0.05, 0) is 62.5 Å². The van der Waals surface area contributed by atoms with Gasteiger partial charge in [0.15, 0.2) is 5.82 Å². The number of nitrogens with zero attached hydrogens (tertiary/aromatic N) is 5. The lowest BCUT2D eigenvalue weighted by atomic mass is 9.93. The van der Waals surface area contributed by atoms with Gasteiger partial charge in [0.25, 0.3) is 0 Å². The Labute approximate surface area is 167 Å². The lowest BCUT2D eigenvalue weighted by Crippen LogP contribution is -2.52. The molecule has 6 rings (SSSR count). The van der Waals surface area contributed by atoms with Crippen LogP contribution in [0.5, 0.6) is 0 Å². The van der Waals surface area contributed by atoms with Crippen molar-refractivity contribution in [2.45, 2.75) is 51.0 Å². The molecule has 3 fully saturated rings. The number of aromatic nitrogens is 3. The van der Waals surface area contributed by atoms with Gasteiger partial charge in [0.05, 0.1) is 0 Å². The zero-order chi connectivity index (χ0) is 18.5. The van der Waals surface area contributed by atoms with E-state index in [0.717, 1.165) is 55.2 Å². The monoisotopic (exact) mass is 375 g/mol. The quantitative estimate of drug-likeness (QED) is 0.823. The number of fused-ring (bicyclic) bond motifs is 3. The molecule has 2 saturated carbocycles. The summed E-state index contributed by atoms with van der Waals surface area (Å²) in [4.78, 5) is 19.5. The topological polar surface area (TPSA) is 45.2 Å². The van der Waals surface area contributed by atoms with Gasteiger partial charge in [-0.25, -0.2) is 9.97 Å². The first-order valence-corrected chi connectivity index (χ1v) is 11.1. The normalized spacial score (nSPS) is 29.4. The molecule has 3 aliphatic carbocycles. The molecule has 2 bridgehead atoms. The highest BCUT2D eigenvalue weighted by Crippen LogP contribution is 2.46. The Balaban J connectivity index is 1.24. The van der Waals surface area contributed by atoms with Gasteiger partial charge < -0.3 is 4.90 Å². The van der Waals surface area contributed by atoms with Crippen molar-refractivity contribution in [1.29, 1.82) is 0 Å². The van der Waals surface area contributed by atoms with Crippen molar-refractivity contribution in [1.82, 2.24) is 19.9 Å². The predicted octanol–water partition coefficient (Wildman–Crippen LogP) is 3.34. The second kappa shape index (κ2) is 6.80. The minimum Gasteiger partial charge on any atom is -0.354 e. The summed E-state index contributed by atoms with van der Waals surface area (Å²) in [6.07, 6.45) is 13.0. The molecule has 0 aromatic carbocycles. The number of aryl methyl sites for hydroxylation is 1. The van der Waals surface area contributed by atoms with Crippen LogP contribution in [-0.4, -0.2) is 52.1 Å². The highest BCUT2D eigenvalue weighted by atomic mass is 15.3. The molecular formula is C23H29N5. The zero-order valence-electron chi connectivity index (χ0n) is 16.6. The number of piperazine rings is 1. The maximum absolute atomic E-state index is 5.07. The van der Waals surface area contributed by atoms with Crippen molar-refractivity contribution in [3.05, 3.63) is 35.8 Å². The van der Waals surface area contributed by atoms with Crippen LogP contribution in [0.15, 0.2) is 24.5 Å². The molecule has 0 radical (unpaired) electrons. The summed E-state index contributed by atoms with van der Waals surface area (Å²) in [5.41, 5.74) is 3.75. The van der Waals surface area contributed by atoms with Crippen molar-refractivity contribution in [2.24, 2.45) is 11.8 Å². The van der Waals surface area contributed by atoms with Crippen LogP contribution in [0.3, 0.4) is 0 Å². The average molecular weight is 376 g/mol. The van der Waals surface area contributed by atoms with Crippen LogP contribution in [0.2, 0.25) is 0 Å². The van der Waals surface area contributed by atoms with Crippen LogP contribution in [0.25, 0.3) is 11.4 Å². The zero-order valence-corrected chi connectivity index (χ0v) is 16.6. The first-order chi connectivity index (χ1) is 13.8. The van der Waals surface area contributed by atoms with E-state index < -0.39 is 0 Å². The third-order valence-electron chi connectivity index (χ3n) is 7.63. The lowest BCUT2D eigenvalue weighted by molar-refractivity contribution is 0.134. The minimum absolute atomic E-state index is 0.865. The third-order valence-corrected chi connectivity index (χ3v) is 7.63. The van der Waals surface area contributed by atoms with E-state index in [0.29, 0.717) is 0 Å². The number of pyridine rings is 1. The molecule has 5 nitrogen and oxygen atoms in total. The van der Waals surface area contributed by atoms with E-state index >= 15 is 0 Å². The van der Waals surface area contributed by atoms with E-state index in [2.05, 4.69) is 14.8 Å². The predicted molar refractivity (Wildman–Crippen MR) is 110 cm³/mol. The van der Waals surface area contributed by atoms with Crippen LogP contribution in [-0.2, 0) is 12.8 Å². The fourth-order valence-electron chi connectivity index (χ4n) is 6.23. The molecule has 5 heteroatoms. The van der Waals surface area contributed by atoms with E-state index in [4.69, 9.17) is 9.97 Å². The maximum Gasteiger partial charge on any atom is 0.161 e. The second-order valence-corrected chi connectivity index (χ2v) is 9.15. The number of hydrogen-bond acceptors (Lipinski definition) is 5. The molecule has 4 aliphatic rings.